The zero-order valence-corrected chi connectivity index (χ0v) is 19.3. The number of nitrogens with zero attached hydrogens (tertiary/aromatic N) is 3. The average molecular weight is 452 g/mol. The number of fused-ring (bicyclic) bond motifs is 1. The van der Waals surface area contributed by atoms with Crippen LogP contribution in [-0.2, 0) is 22.6 Å². The zero-order valence-electron chi connectivity index (χ0n) is 19.3. The number of hydrogen-bond acceptors (Lipinski definition) is 6. The van der Waals surface area contributed by atoms with Crippen molar-refractivity contribution in [1.82, 2.24) is 14.3 Å². The first-order chi connectivity index (χ1) is 15.9. The first kappa shape index (κ1) is 22.9. The number of esters is 1. The highest BCUT2D eigenvalue weighted by molar-refractivity contribution is 6.04. The second kappa shape index (κ2) is 9.70. The summed E-state index contributed by atoms with van der Waals surface area (Å²) in [6.45, 7) is 7.25. The average Bonchev–Trinajstić information content (AvgIpc) is 3.43. The van der Waals surface area contributed by atoms with Crippen molar-refractivity contribution < 1.29 is 19.1 Å². The number of benzene rings is 1. The van der Waals surface area contributed by atoms with Gasteiger partial charge in [0.05, 0.1) is 11.5 Å². The number of carbonyl (C=O) groups is 2. The molecule has 0 aliphatic carbocycles. The van der Waals surface area contributed by atoms with Gasteiger partial charge >= 0.3 is 5.97 Å². The molecule has 0 bridgehead atoms. The van der Waals surface area contributed by atoms with Gasteiger partial charge in [0.1, 0.15) is 0 Å². The molecule has 0 amide bonds. The molecule has 33 heavy (non-hydrogen) atoms. The fourth-order valence-corrected chi connectivity index (χ4v) is 4.38. The van der Waals surface area contributed by atoms with Crippen molar-refractivity contribution in [3.05, 3.63) is 63.3 Å². The second-order valence-corrected chi connectivity index (χ2v) is 8.45. The van der Waals surface area contributed by atoms with E-state index in [0.717, 1.165) is 30.8 Å². The van der Waals surface area contributed by atoms with Crippen LogP contribution >= 0.6 is 0 Å². The SMILES string of the molecule is CCCn1nc(C(=O)OCC(=O)c2cc(C)n(CC3CCCO3)c2C)c2ccccc2c1=O. The molecule has 1 fully saturated rings. The van der Waals surface area contributed by atoms with E-state index in [1.165, 1.54) is 4.68 Å². The highest BCUT2D eigenvalue weighted by Gasteiger charge is 2.23. The maximum atomic E-state index is 12.9. The molecule has 3 aromatic rings. The molecule has 8 nitrogen and oxygen atoms in total. The zero-order chi connectivity index (χ0) is 23.5. The van der Waals surface area contributed by atoms with Crippen LogP contribution in [-0.4, -0.2) is 45.4 Å². The summed E-state index contributed by atoms with van der Waals surface area (Å²) in [4.78, 5) is 38.4. The molecule has 2 aromatic heterocycles. The van der Waals surface area contributed by atoms with E-state index in [9.17, 15) is 14.4 Å². The Morgan fingerprint density at radius 3 is 2.67 bits per heavy atom. The first-order valence-corrected chi connectivity index (χ1v) is 11.4. The van der Waals surface area contributed by atoms with Crippen LogP contribution in [0.25, 0.3) is 10.8 Å². The maximum absolute atomic E-state index is 12.9. The number of rotatable bonds is 8. The van der Waals surface area contributed by atoms with Crippen molar-refractivity contribution in [3.8, 4) is 0 Å². The van der Waals surface area contributed by atoms with Gasteiger partial charge in [0.2, 0.25) is 5.78 Å². The van der Waals surface area contributed by atoms with Gasteiger partial charge < -0.3 is 14.0 Å². The summed E-state index contributed by atoms with van der Waals surface area (Å²) in [5.41, 5.74) is 2.13. The summed E-state index contributed by atoms with van der Waals surface area (Å²) >= 11 is 0. The molecule has 8 heteroatoms. The lowest BCUT2D eigenvalue weighted by atomic mass is 10.1. The molecule has 1 atom stereocenters. The van der Waals surface area contributed by atoms with Gasteiger partial charge in [-0.1, -0.05) is 25.1 Å². The van der Waals surface area contributed by atoms with Gasteiger partial charge in [-0.2, -0.15) is 5.10 Å². The third kappa shape index (κ3) is 4.61. The predicted octanol–water partition coefficient (Wildman–Crippen LogP) is 3.44. The minimum absolute atomic E-state index is 0.0373. The Morgan fingerprint density at radius 1 is 1.21 bits per heavy atom. The highest BCUT2D eigenvalue weighted by atomic mass is 16.5. The van der Waals surface area contributed by atoms with E-state index >= 15 is 0 Å². The van der Waals surface area contributed by atoms with Crippen LogP contribution in [0, 0.1) is 13.8 Å². The lowest BCUT2D eigenvalue weighted by Crippen LogP contribution is -2.27. The Balaban J connectivity index is 1.53. The standard InChI is InChI=1S/C25H29N3O5/c1-4-11-28-24(30)20-10-6-5-9-19(20)23(26-28)25(31)33-15-22(29)21-13-16(2)27(17(21)3)14-18-8-7-12-32-18/h5-6,9-10,13,18H,4,7-8,11-12,14-15H2,1-3H3. The number of hydrogen-bond donors (Lipinski definition) is 0. The molecule has 4 rings (SSSR count). The minimum atomic E-state index is -0.724. The van der Waals surface area contributed by atoms with Crippen molar-refractivity contribution in [2.24, 2.45) is 0 Å². The summed E-state index contributed by atoms with van der Waals surface area (Å²) in [5, 5.41) is 5.05. The van der Waals surface area contributed by atoms with Crippen LogP contribution in [0.2, 0.25) is 0 Å². The molecule has 1 aliphatic rings. The highest BCUT2D eigenvalue weighted by Crippen LogP contribution is 2.21. The van der Waals surface area contributed by atoms with Gasteiger partial charge in [-0.05, 0) is 45.2 Å². The topological polar surface area (TPSA) is 92.4 Å². The lowest BCUT2D eigenvalue weighted by Gasteiger charge is -2.14. The summed E-state index contributed by atoms with van der Waals surface area (Å²) in [7, 11) is 0. The fourth-order valence-electron chi connectivity index (χ4n) is 4.38. The predicted molar refractivity (Wildman–Crippen MR) is 124 cm³/mol. The van der Waals surface area contributed by atoms with Crippen molar-refractivity contribution in [2.75, 3.05) is 13.2 Å². The normalized spacial score (nSPS) is 15.8. The summed E-state index contributed by atoms with van der Waals surface area (Å²) in [6, 6.07) is 8.63. The van der Waals surface area contributed by atoms with Crippen LogP contribution in [0.5, 0.6) is 0 Å². The summed E-state index contributed by atoms with van der Waals surface area (Å²) in [5.74, 6) is -1.00. The molecule has 1 unspecified atom stereocenters. The van der Waals surface area contributed by atoms with Gasteiger partial charge in [-0.3, -0.25) is 9.59 Å². The smallest absolute Gasteiger partial charge is 0.359 e. The van der Waals surface area contributed by atoms with E-state index in [0.29, 0.717) is 35.8 Å². The number of Topliss-reactive ketones (excluding diaryl/α,β-unsaturated/α-hetero) is 1. The van der Waals surface area contributed by atoms with E-state index < -0.39 is 12.6 Å². The van der Waals surface area contributed by atoms with Crippen LogP contribution in [0.15, 0.2) is 35.1 Å². The first-order valence-electron chi connectivity index (χ1n) is 11.4. The van der Waals surface area contributed by atoms with Crippen molar-refractivity contribution >= 4 is 22.5 Å². The lowest BCUT2D eigenvalue weighted by molar-refractivity contribution is 0.0468. The largest absolute Gasteiger partial charge is 0.452 e. The molecule has 0 saturated carbocycles. The monoisotopic (exact) mass is 451 g/mol. The molecule has 174 valence electrons. The maximum Gasteiger partial charge on any atom is 0.359 e. The Morgan fingerprint density at radius 2 is 1.97 bits per heavy atom. The Labute approximate surface area is 192 Å². The van der Waals surface area contributed by atoms with E-state index in [2.05, 4.69) is 9.67 Å². The van der Waals surface area contributed by atoms with Crippen LogP contribution in [0.1, 0.15) is 58.4 Å². The molecule has 1 saturated heterocycles. The van der Waals surface area contributed by atoms with E-state index in [4.69, 9.17) is 9.47 Å². The number of ketones is 1. The Bertz CT molecular complexity index is 1250. The Hall–Kier alpha value is -3.26. The Kier molecular flexibility index (Phi) is 6.74. The molecule has 1 aromatic carbocycles. The molecule has 0 radical (unpaired) electrons. The quantitative estimate of drug-likeness (QED) is 0.385. The molecular weight excluding hydrogens is 422 g/mol. The van der Waals surface area contributed by atoms with Crippen molar-refractivity contribution in [3.63, 3.8) is 0 Å². The van der Waals surface area contributed by atoms with E-state index in [1.807, 2.05) is 26.8 Å². The third-order valence-electron chi connectivity index (χ3n) is 6.12. The minimum Gasteiger partial charge on any atom is -0.452 e. The van der Waals surface area contributed by atoms with Crippen molar-refractivity contribution in [1.29, 1.82) is 0 Å². The molecule has 1 aliphatic heterocycles. The molecular formula is C25H29N3O5. The summed E-state index contributed by atoms with van der Waals surface area (Å²) in [6.07, 6.45) is 2.92. The molecule has 0 spiro atoms. The third-order valence-corrected chi connectivity index (χ3v) is 6.12. The number of carbonyl (C=O) groups excluding carboxylic acids is 2. The number of ether oxygens (including phenoxy) is 2. The molecule has 0 N–H and O–H groups in total. The summed E-state index contributed by atoms with van der Waals surface area (Å²) < 4.78 is 14.5. The van der Waals surface area contributed by atoms with Gasteiger partial charge in [0.25, 0.3) is 5.56 Å². The van der Waals surface area contributed by atoms with Gasteiger partial charge in [0, 0.05) is 42.0 Å². The van der Waals surface area contributed by atoms with Gasteiger partial charge in [0.15, 0.2) is 12.3 Å². The van der Waals surface area contributed by atoms with Gasteiger partial charge in [-0.25, -0.2) is 9.48 Å². The second-order valence-electron chi connectivity index (χ2n) is 8.45. The molecule has 3 heterocycles. The van der Waals surface area contributed by atoms with Crippen LogP contribution in [0.3, 0.4) is 0 Å². The van der Waals surface area contributed by atoms with E-state index in [-0.39, 0.29) is 23.1 Å². The number of aromatic nitrogens is 3. The van der Waals surface area contributed by atoms with Crippen LogP contribution in [0.4, 0.5) is 0 Å². The van der Waals surface area contributed by atoms with Gasteiger partial charge in [-0.15, -0.1) is 0 Å². The fraction of sp³-hybridized carbons (Fsp3) is 0.440. The van der Waals surface area contributed by atoms with E-state index in [1.54, 1.807) is 24.3 Å². The number of aryl methyl sites for hydroxylation is 2. The van der Waals surface area contributed by atoms with Crippen LogP contribution < -0.4 is 5.56 Å². The van der Waals surface area contributed by atoms with Crippen molar-refractivity contribution in [2.45, 2.75) is 59.2 Å².